The molecule has 0 amide bonds. The Kier molecular flexibility index (Phi) is 3.62. The highest BCUT2D eigenvalue weighted by Crippen LogP contribution is 2.33. The van der Waals surface area contributed by atoms with Crippen LogP contribution < -0.4 is 0 Å². The van der Waals surface area contributed by atoms with Crippen molar-refractivity contribution in [2.45, 2.75) is 12.8 Å². The third-order valence-corrected chi connectivity index (χ3v) is 4.50. The molecule has 118 valence electrons. The fraction of sp³-hybridized carbons (Fsp3) is 0.143. The summed E-state index contributed by atoms with van der Waals surface area (Å²) >= 11 is 0. The van der Waals surface area contributed by atoms with E-state index in [1.807, 2.05) is 30.3 Å². The van der Waals surface area contributed by atoms with Gasteiger partial charge in [-0.1, -0.05) is 24.3 Å². The van der Waals surface area contributed by atoms with Crippen molar-refractivity contribution in [2.24, 2.45) is 0 Å². The number of carbonyl (C=O) groups is 1. The second-order valence-corrected chi connectivity index (χ2v) is 5.93. The molecular weight excluding hydrogens is 298 g/mol. The van der Waals surface area contributed by atoms with E-state index in [0.29, 0.717) is 5.56 Å². The molecule has 0 saturated carbocycles. The predicted molar refractivity (Wildman–Crippen MR) is 94.9 cm³/mol. The number of esters is 1. The van der Waals surface area contributed by atoms with Crippen LogP contribution in [0.3, 0.4) is 0 Å². The van der Waals surface area contributed by atoms with E-state index in [4.69, 9.17) is 4.74 Å². The summed E-state index contributed by atoms with van der Waals surface area (Å²) in [6.45, 7) is 0. The highest BCUT2D eigenvalue weighted by atomic mass is 16.5. The number of pyridine rings is 1. The van der Waals surface area contributed by atoms with Crippen molar-refractivity contribution < 1.29 is 9.53 Å². The quantitative estimate of drug-likeness (QED) is 0.658. The summed E-state index contributed by atoms with van der Waals surface area (Å²) in [5.41, 5.74) is 6.29. The average Bonchev–Trinajstić information content (AvgIpc) is 2.66. The van der Waals surface area contributed by atoms with E-state index in [-0.39, 0.29) is 5.97 Å². The molecule has 0 N–H and O–H groups in total. The van der Waals surface area contributed by atoms with Gasteiger partial charge in [-0.2, -0.15) is 0 Å². The second kappa shape index (κ2) is 5.93. The predicted octanol–water partition coefficient (Wildman–Crippen LogP) is 4.40. The lowest BCUT2D eigenvalue weighted by molar-refractivity contribution is 0.0600. The smallest absolute Gasteiger partial charge is 0.337 e. The van der Waals surface area contributed by atoms with Gasteiger partial charge in [-0.3, -0.25) is 4.98 Å². The van der Waals surface area contributed by atoms with Crippen molar-refractivity contribution in [2.75, 3.05) is 7.11 Å². The molecule has 0 aliphatic heterocycles. The summed E-state index contributed by atoms with van der Waals surface area (Å²) in [5, 5.41) is 1.12. The molecule has 0 unspecified atom stereocenters. The van der Waals surface area contributed by atoms with Gasteiger partial charge in [0.2, 0.25) is 0 Å². The third-order valence-electron chi connectivity index (χ3n) is 4.50. The van der Waals surface area contributed by atoms with E-state index < -0.39 is 0 Å². The molecule has 3 heteroatoms. The Balaban J connectivity index is 1.84. The van der Waals surface area contributed by atoms with Gasteiger partial charge in [0.15, 0.2) is 0 Å². The molecule has 1 aliphatic carbocycles. The second-order valence-electron chi connectivity index (χ2n) is 5.93. The van der Waals surface area contributed by atoms with Crippen molar-refractivity contribution >= 4 is 22.4 Å². The number of aromatic nitrogens is 1. The number of benzene rings is 2. The molecule has 4 rings (SSSR count). The van der Waals surface area contributed by atoms with Crippen LogP contribution in [0.25, 0.3) is 16.5 Å². The van der Waals surface area contributed by atoms with Crippen LogP contribution in [-0.2, 0) is 11.2 Å². The van der Waals surface area contributed by atoms with Gasteiger partial charge in [-0.15, -0.1) is 0 Å². The number of methoxy groups -OCH3 is 1. The van der Waals surface area contributed by atoms with Gasteiger partial charge in [-0.05, 0) is 65.4 Å². The summed E-state index contributed by atoms with van der Waals surface area (Å²) < 4.78 is 4.86. The van der Waals surface area contributed by atoms with Gasteiger partial charge in [0.1, 0.15) is 0 Å². The molecule has 3 nitrogen and oxygen atoms in total. The monoisotopic (exact) mass is 315 g/mol. The zero-order valence-corrected chi connectivity index (χ0v) is 13.5. The zero-order chi connectivity index (χ0) is 16.5. The largest absolute Gasteiger partial charge is 0.465 e. The van der Waals surface area contributed by atoms with Gasteiger partial charge in [0, 0.05) is 11.6 Å². The molecule has 24 heavy (non-hydrogen) atoms. The van der Waals surface area contributed by atoms with Crippen LogP contribution in [0.2, 0.25) is 0 Å². The number of rotatable bonds is 2. The van der Waals surface area contributed by atoms with E-state index in [1.54, 1.807) is 6.20 Å². The minimum atomic E-state index is -0.301. The SMILES string of the molecule is COC(=O)c1ccc2c(c1)C(c1ccc3ncccc3c1)=CCC2. The Morgan fingerprint density at radius 2 is 2.04 bits per heavy atom. The molecule has 0 fully saturated rings. The lowest BCUT2D eigenvalue weighted by Crippen LogP contribution is -2.06. The van der Waals surface area contributed by atoms with Gasteiger partial charge < -0.3 is 4.74 Å². The number of carbonyl (C=O) groups excluding carboxylic acids is 1. The van der Waals surface area contributed by atoms with Crippen LogP contribution in [-0.4, -0.2) is 18.1 Å². The molecule has 0 atom stereocenters. The molecule has 0 bridgehead atoms. The van der Waals surface area contributed by atoms with Crippen LogP contribution in [0, 0.1) is 0 Å². The molecule has 1 aliphatic rings. The zero-order valence-electron chi connectivity index (χ0n) is 13.5. The molecule has 0 spiro atoms. The summed E-state index contributed by atoms with van der Waals surface area (Å²) in [5.74, 6) is -0.301. The standard InChI is InChI=1S/C21H17NO2/c1-24-21(23)17-8-7-14-4-2-6-18(19(14)13-17)15-9-10-20-16(12-15)5-3-11-22-20/h3,5-13H,2,4H2,1H3. The average molecular weight is 315 g/mol. The number of fused-ring (bicyclic) bond motifs is 2. The summed E-state index contributed by atoms with van der Waals surface area (Å²) in [7, 11) is 1.41. The minimum Gasteiger partial charge on any atom is -0.465 e. The normalized spacial score (nSPS) is 13.3. The number of ether oxygens (including phenoxy) is 1. The lowest BCUT2D eigenvalue weighted by Gasteiger charge is -2.19. The van der Waals surface area contributed by atoms with Crippen molar-refractivity contribution in [1.29, 1.82) is 0 Å². The highest BCUT2D eigenvalue weighted by molar-refractivity contribution is 5.93. The van der Waals surface area contributed by atoms with Crippen LogP contribution in [0.15, 0.2) is 60.8 Å². The molecule has 0 saturated heterocycles. The first-order valence-corrected chi connectivity index (χ1v) is 8.03. The van der Waals surface area contributed by atoms with E-state index in [1.165, 1.54) is 18.2 Å². The van der Waals surface area contributed by atoms with E-state index in [9.17, 15) is 4.79 Å². The topological polar surface area (TPSA) is 39.2 Å². The maximum atomic E-state index is 11.9. The Morgan fingerprint density at radius 3 is 2.92 bits per heavy atom. The molecule has 1 heterocycles. The molecule has 3 aromatic rings. The number of nitrogens with zero attached hydrogens (tertiary/aromatic N) is 1. The fourth-order valence-corrected chi connectivity index (χ4v) is 3.29. The summed E-state index contributed by atoms with van der Waals surface area (Å²) in [4.78, 5) is 16.2. The van der Waals surface area contributed by atoms with Crippen molar-refractivity contribution in [1.82, 2.24) is 4.98 Å². The summed E-state index contributed by atoms with van der Waals surface area (Å²) in [6, 6.07) is 16.2. The van der Waals surface area contributed by atoms with Crippen LogP contribution in [0.1, 0.15) is 33.5 Å². The maximum absolute atomic E-state index is 11.9. The van der Waals surface area contributed by atoms with Gasteiger partial charge in [-0.25, -0.2) is 4.79 Å². The number of hydrogen-bond acceptors (Lipinski definition) is 3. The van der Waals surface area contributed by atoms with E-state index in [2.05, 4.69) is 29.3 Å². The lowest BCUT2D eigenvalue weighted by atomic mass is 9.85. The number of hydrogen-bond donors (Lipinski definition) is 0. The van der Waals surface area contributed by atoms with Crippen LogP contribution in [0.5, 0.6) is 0 Å². The van der Waals surface area contributed by atoms with Crippen molar-refractivity contribution in [3.8, 4) is 0 Å². The Morgan fingerprint density at radius 1 is 1.12 bits per heavy atom. The fourth-order valence-electron chi connectivity index (χ4n) is 3.29. The Bertz CT molecular complexity index is 972. The molecular formula is C21H17NO2. The third kappa shape index (κ3) is 2.48. The van der Waals surface area contributed by atoms with Crippen molar-refractivity contribution in [3.05, 3.63) is 83.1 Å². The van der Waals surface area contributed by atoms with Gasteiger partial charge >= 0.3 is 5.97 Å². The van der Waals surface area contributed by atoms with Crippen LogP contribution in [0.4, 0.5) is 0 Å². The Labute approximate surface area is 140 Å². The van der Waals surface area contributed by atoms with Crippen LogP contribution >= 0.6 is 0 Å². The molecule has 0 radical (unpaired) electrons. The van der Waals surface area contributed by atoms with E-state index >= 15 is 0 Å². The molecule has 2 aromatic carbocycles. The number of allylic oxidation sites excluding steroid dienone is 1. The first-order chi connectivity index (χ1) is 11.8. The van der Waals surface area contributed by atoms with E-state index in [0.717, 1.165) is 34.9 Å². The first kappa shape index (κ1) is 14.6. The Hall–Kier alpha value is -2.94. The molecule has 1 aromatic heterocycles. The minimum absolute atomic E-state index is 0.301. The maximum Gasteiger partial charge on any atom is 0.337 e. The van der Waals surface area contributed by atoms with Gasteiger partial charge in [0.05, 0.1) is 18.2 Å². The first-order valence-electron chi connectivity index (χ1n) is 8.03. The number of aryl methyl sites for hydroxylation is 1. The van der Waals surface area contributed by atoms with Crippen molar-refractivity contribution in [3.63, 3.8) is 0 Å². The summed E-state index contributed by atoms with van der Waals surface area (Å²) in [6.07, 6.45) is 6.06. The van der Waals surface area contributed by atoms with Gasteiger partial charge in [0.25, 0.3) is 0 Å². The highest BCUT2D eigenvalue weighted by Gasteiger charge is 2.17.